The maximum atomic E-state index is 13.3. The number of methoxy groups -OCH3 is 2. The summed E-state index contributed by atoms with van der Waals surface area (Å²) in [6.45, 7) is 0.490. The Morgan fingerprint density at radius 2 is 1.69 bits per heavy atom. The molecule has 0 saturated carbocycles. The van der Waals surface area contributed by atoms with Gasteiger partial charge in [0.05, 0.1) is 31.0 Å². The second-order valence-electron chi connectivity index (χ2n) is 7.07. The fourth-order valence-electron chi connectivity index (χ4n) is 3.23. The van der Waals surface area contributed by atoms with Crippen LogP contribution in [0.1, 0.15) is 12.0 Å². The van der Waals surface area contributed by atoms with E-state index in [2.05, 4.69) is 0 Å². The Balaban J connectivity index is 1.51. The maximum absolute atomic E-state index is 13.3. The van der Waals surface area contributed by atoms with Crippen LogP contribution < -0.4 is 14.4 Å². The van der Waals surface area contributed by atoms with Crippen LogP contribution in [0.25, 0.3) is 10.2 Å². The highest BCUT2D eigenvalue weighted by molar-refractivity contribution is 7.99. The van der Waals surface area contributed by atoms with Crippen LogP contribution in [0.2, 0.25) is 0 Å². The number of fused-ring (bicyclic) bond motifs is 1. The molecular weight excluding hydrogens is 440 g/mol. The van der Waals surface area contributed by atoms with Crippen molar-refractivity contribution < 1.29 is 14.3 Å². The quantitative estimate of drug-likeness (QED) is 0.283. The number of amides is 1. The molecule has 0 radical (unpaired) electrons. The minimum atomic E-state index is 0.0564. The largest absolute Gasteiger partial charge is 0.497 e. The van der Waals surface area contributed by atoms with Gasteiger partial charge in [0.25, 0.3) is 0 Å². The Morgan fingerprint density at radius 3 is 2.41 bits per heavy atom. The molecule has 164 valence electrons. The molecule has 0 bridgehead atoms. The van der Waals surface area contributed by atoms with Crippen LogP contribution in [-0.2, 0) is 11.3 Å². The lowest BCUT2D eigenvalue weighted by Crippen LogP contribution is -2.30. The number of benzene rings is 3. The lowest BCUT2D eigenvalue weighted by molar-refractivity contribution is -0.118. The Hall–Kier alpha value is -3.03. The van der Waals surface area contributed by atoms with Crippen LogP contribution in [0.4, 0.5) is 5.13 Å². The first-order valence-electron chi connectivity index (χ1n) is 10.2. The third-order valence-corrected chi connectivity index (χ3v) is 7.02. The molecule has 0 aliphatic carbocycles. The third kappa shape index (κ3) is 5.41. The molecule has 4 aromatic rings. The van der Waals surface area contributed by atoms with E-state index >= 15 is 0 Å². The molecule has 0 spiro atoms. The number of aromatic nitrogens is 1. The van der Waals surface area contributed by atoms with Gasteiger partial charge in [-0.05, 0) is 42.0 Å². The van der Waals surface area contributed by atoms with Crippen LogP contribution in [0.5, 0.6) is 11.5 Å². The van der Waals surface area contributed by atoms with E-state index in [0.717, 1.165) is 32.2 Å². The molecule has 1 amide bonds. The first kappa shape index (κ1) is 22.2. The van der Waals surface area contributed by atoms with Gasteiger partial charge in [-0.25, -0.2) is 4.98 Å². The van der Waals surface area contributed by atoms with E-state index < -0.39 is 0 Å². The van der Waals surface area contributed by atoms with Crippen molar-refractivity contribution >= 4 is 44.4 Å². The van der Waals surface area contributed by atoms with Gasteiger partial charge in [0.2, 0.25) is 5.91 Å². The average Bonchev–Trinajstić information content (AvgIpc) is 3.26. The number of thioether (sulfide) groups is 1. The van der Waals surface area contributed by atoms with Crippen LogP contribution in [0, 0.1) is 0 Å². The molecular formula is C25H24N2O3S2. The summed E-state index contributed by atoms with van der Waals surface area (Å²) in [4.78, 5) is 20.9. The summed E-state index contributed by atoms with van der Waals surface area (Å²) in [6, 6.07) is 23.7. The van der Waals surface area contributed by atoms with Crippen molar-refractivity contribution in [1.29, 1.82) is 0 Å². The van der Waals surface area contributed by atoms with Crippen molar-refractivity contribution in [1.82, 2.24) is 4.98 Å². The monoisotopic (exact) mass is 464 g/mol. The lowest BCUT2D eigenvalue weighted by atomic mass is 10.2. The van der Waals surface area contributed by atoms with Gasteiger partial charge in [0, 0.05) is 23.1 Å². The van der Waals surface area contributed by atoms with Crippen LogP contribution >= 0.6 is 23.1 Å². The first-order valence-corrected chi connectivity index (χ1v) is 12.0. The van der Waals surface area contributed by atoms with E-state index in [-0.39, 0.29) is 5.91 Å². The topological polar surface area (TPSA) is 51.7 Å². The fourth-order valence-corrected chi connectivity index (χ4v) is 5.03. The molecule has 0 saturated heterocycles. The molecule has 0 atom stereocenters. The van der Waals surface area contributed by atoms with E-state index in [9.17, 15) is 4.79 Å². The zero-order valence-corrected chi connectivity index (χ0v) is 19.6. The van der Waals surface area contributed by atoms with Gasteiger partial charge >= 0.3 is 0 Å². The van der Waals surface area contributed by atoms with E-state index in [1.54, 1.807) is 30.9 Å². The highest BCUT2D eigenvalue weighted by atomic mass is 32.2. The SMILES string of the molecule is COc1ccc(SCCC(=O)N(Cc2ccccc2)c2nc3cc(OC)ccc3s2)cc1. The number of hydrogen-bond acceptors (Lipinski definition) is 6. The highest BCUT2D eigenvalue weighted by Crippen LogP contribution is 2.32. The second kappa shape index (κ2) is 10.5. The molecule has 5 nitrogen and oxygen atoms in total. The summed E-state index contributed by atoms with van der Waals surface area (Å²) >= 11 is 3.18. The van der Waals surface area contributed by atoms with Crippen molar-refractivity contribution in [3.8, 4) is 11.5 Å². The number of hydrogen-bond donors (Lipinski definition) is 0. The van der Waals surface area contributed by atoms with Gasteiger partial charge in [-0.15, -0.1) is 11.8 Å². The van der Waals surface area contributed by atoms with Crippen molar-refractivity contribution in [2.24, 2.45) is 0 Å². The van der Waals surface area contributed by atoms with Crippen molar-refractivity contribution in [2.75, 3.05) is 24.9 Å². The van der Waals surface area contributed by atoms with Crippen LogP contribution in [-0.4, -0.2) is 30.9 Å². The molecule has 32 heavy (non-hydrogen) atoms. The minimum absolute atomic E-state index is 0.0564. The second-order valence-corrected chi connectivity index (χ2v) is 9.25. The Kier molecular flexibility index (Phi) is 7.29. The molecule has 1 heterocycles. The fraction of sp³-hybridized carbons (Fsp3) is 0.200. The van der Waals surface area contributed by atoms with Gasteiger partial charge in [-0.1, -0.05) is 41.7 Å². The van der Waals surface area contributed by atoms with Crippen LogP contribution in [0.3, 0.4) is 0 Å². The highest BCUT2D eigenvalue weighted by Gasteiger charge is 2.20. The molecule has 0 fully saturated rings. The first-order chi connectivity index (χ1) is 15.7. The smallest absolute Gasteiger partial charge is 0.229 e. The molecule has 0 N–H and O–H groups in total. The zero-order chi connectivity index (χ0) is 22.3. The number of carbonyl (C=O) groups is 1. The van der Waals surface area contributed by atoms with E-state index in [1.165, 1.54) is 11.3 Å². The predicted octanol–water partition coefficient (Wildman–Crippen LogP) is 6.03. The van der Waals surface area contributed by atoms with Crippen molar-refractivity contribution in [3.63, 3.8) is 0 Å². The van der Waals surface area contributed by atoms with E-state index in [0.29, 0.717) is 23.8 Å². The predicted molar refractivity (Wildman–Crippen MR) is 132 cm³/mol. The number of anilines is 1. The van der Waals surface area contributed by atoms with Gasteiger partial charge in [0.15, 0.2) is 5.13 Å². The lowest BCUT2D eigenvalue weighted by Gasteiger charge is -2.20. The summed E-state index contributed by atoms with van der Waals surface area (Å²) in [5.41, 5.74) is 1.91. The average molecular weight is 465 g/mol. The molecule has 0 aliphatic heterocycles. The summed E-state index contributed by atoms with van der Waals surface area (Å²) < 4.78 is 11.6. The number of carbonyl (C=O) groups excluding carboxylic acids is 1. The summed E-state index contributed by atoms with van der Waals surface area (Å²) in [6.07, 6.45) is 0.419. The van der Waals surface area contributed by atoms with E-state index in [1.807, 2.05) is 72.8 Å². The maximum Gasteiger partial charge on any atom is 0.229 e. The van der Waals surface area contributed by atoms with Crippen molar-refractivity contribution in [2.45, 2.75) is 17.9 Å². The van der Waals surface area contributed by atoms with Gasteiger partial charge in [-0.2, -0.15) is 0 Å². The summed E-state index contributed by atoms with van der Waals surface area (Å²) in [7, 11) is 3.29. The summed E-state index contributed by atoms with van der Waals surface area (Å²) in [5.74, 6) is 2.33. The third-order valence-electron chi connectivity index (χ3n) is 4.94. The number of thiazole rings is 1. The number of nitrogens with zero attached hydrogens (tertiary/aromatic N) is 2. The summed E-state index contributed by atoms with van der Waals surface area (Å²) in [5, 5.41) is 0.705. The Bertz CT molecular complexity index is 1180. The number of ether oxygens (including phenoxy) is 2. The molecule has 3 aromatic carbocycles. The normalized spacial score (nSPS) is 10.8. The number of rotatable bonds is 9. The Morgan fingerprint density at radius 1 is 0.969 bits per heavy atom. The van der Waals surface area contributed by atoms with Gasteiger partial charge in [0.1, 0.15) is 11.5 Å². The van der Waals surface area contributed by atoms with Crippen molar-refractivity contribution in [3.05, 3.63) is 78.4 Å². The Labute approximate surface area is 196 Å². The molecule has 7 heteroatoms. The molecule has 4 rings (SSSR count). The standard InChI is InChI=1S/C25H24N2O3S2/c1-29-19-8-11-21(12-9-19)31-15-14-24(28)27(17-18-6-4-3-5-7-18)25-26-22-16-20(30-2)10-13-23(22)32-25/h3-13,16H,14-15,17H2,1-2H3. The van der Waals surface area contributed by atoms with Gasteiger partial charge < -0.3 is 9.47 Å². The molecule has 1 aromatic heterocycles. The van der Waals surface area contributed by atoms with Crippen LogP contribution in [0.15, 0.2) is 77.7 Å². The van der Waals surface area contributed by atoms with Gasteiger partial charge in [-0.3, -0.25) is 9.69 Å². The molecule has 0 aliphatic rings. The zero-order valence-electron chi connectivity index (χ0n) is 18.0. The minimum Gasteiger partial charge on any atom is -0.497 e. The van der Waals surface area contributed by atoms with E-state index in [4.69, 9.17) is 14.5 Å². The molecule has 0 unspecified atom stereocenters.